The summed E-state index contributed by atoms with van der Waals surface area (Å²) in [5, 5.41) is 11.8. The second kappa shape index (κ2) is 8.31. The van der Waals surface area contributed by atoms with Crippen LogP contribution in [0.25, 0.3) is 27.7 Å². The normalized spacial score (nSPS) is 16.4. The lowest BCUT2D eigenvalue weighted by molar-refractivity contribution is -0.137. The summed E-state index contributed by atoms with van der Waals surface area (Å²) < 4.78 is 69.6. The van der Waals surface area contributed by atoms with Gasteiger partial charge >= 0.3 is 12.3 Å². The summed E-state index contributed by atoms with van der Waals surface area (Å²) in [7, 11) is 0. The van der Waals surface area contributed by atoms with Crippen LogP contribution in [0.15, 0.2) is 30.5 Å². The predicted molar refractivity (Wildman–Crippen MR) is 142 cm³/mol. The van der Waals surface area contributed by atoms with Gasteiger partial charge in [0.1, 0.15) is 17.2 Å². The Labute approximate surface area is 228 Å². The summed E-state index contributed by atoms with van der Waals surface area (Å²) in [6.07, 6.45) is -2.30. The number of carbonyl (C=O) groups is 1. The van der Waals surface area contributed by atoms with Gasteiger partial charge in [-0.3, -0.25) is 9.13 Å². The zero-order chi connectivity index (χ0) is 28.9. The number of anilines is 1. The topological polar surface area (TPSA) is 74.0 Å². The molecule has 2 aliphatic rings. The van der Waals surface area contributed by atoms with Crippen molar-refractivity contribution in [3.8, 4) is 16.8 Å². The third-order valence-corrected chi connectivity index (χ3v) is 7.32. The maximum absolute atomic E-state index is 16.1. The van der Waals surface area contributed by atoms with Gasteiger partial charge in [0.25, 0.3) is 0 Å². The van der Waals surface area contributed by atoms with E-state index in [0.717, 1.165) is 24.5 Å². The molecule has 1 saturated carbocycles. The van der Waals surface area contributed by atoms with Crippen molar-refractivity contribution < 1.29 is 27.1 Å². The van der Waals surface area contributed by atoms with Crippen LogP contribution in [0.1, 0.15) is 76.2 Å². The van der Waals surface area contributed by atoms with E-state index in [-0.39, 0.29) is 40.0 Å². The molecule has 2 aromatic heterocycles. The molecule has 0 bridgehead atoms. The van der Waals surface area contributed by atoms with Gasteiger partial charge < -0.3 is 10.1 Å². The first-order valence-corrected chi connectivity index (χ1v) is 13.1. The van der Waals surface area contributed by atoms with Gasteiger partial charge in [0.05, 0.1) is 28.0 Å². The number of benzene rings is 2. The van der Waals surface area contributed by atoms with E-state index >= 15 is 17.6 Å². The van der Waals surface area contributed by atoms with Gasteiger partial charge in [0.15, 0.2) is 5.82 Å². The predicted octanol–water partition coefficient (Wildman–Crippen LogP) is 7.68. The molecule has 0 atom stereocenters. The molecule has 7 nitrogen and oxygen atoms in total. The lowest BCUT2D eigenvalue weighted by Gasteiger charge is -2.36. The van der Waals surface area contributed by atoms with Crippen LogP contribution >= 0.6 is 0 Å². The first-order chi connectivity index (χ1) is 18.6. The van der Waals surface area contributed by atoms with E-state index in [0.29, 0.717) is 5.39 Å². The summed E-state index contributed by atoms with van der Waals surface area (Å²) in [6, 6.07) is 5.84. The number of rotatable bonds is 2. The van der Waals surface area contributed by atoms with E-state index in [1.54, 1.807) is 59.9 Å². The highest BCUT2D eigenvalue weighted by Crippen LogP contribution is 2.51. The molecule has 11 heteroatoms. The SMILES string of the molecule is Cc1nnc2n1-c1c(cc(F)c(-c3cccc4c(C5CC5)cn(C(=O)OC(C)(C)C)c34)c1C(F)(F)F)NC2(C)C. The minimum Gasteiger partial charge on any atom is -0.443 e. The molecule has 6 rings (SSSR count). The largest absolute Gasteiger partial charge is 0.443 e. The number of nitrogens with zero attached hydrogens (tertiary/aromatic N) is 4. The van der Waals surface area contributed by atoms with Crippen molar-refractivity contribution in [3.05, 3.63) is 59.1 Å². The molecule has 3 heterocycles. The van der Waals surface area contributed by atoms with Crippen LogP contribution in [0.4, 0.5) is 28.0 Å². The zero-order valence-electron chi connectivity index (χ0n) is 23.0. The van der Waals surface area contributed by atoms with E-state index in [2.05, 4.69) is 15.5 Å². The van der Waals surface area contributed by atoms with E-state index in [9.17, 15) is 4.79 Å². The average Bonchev–Trinajstić information content (AvgIpc) is 3.46. The average molecular weight is 556 g/mol. The Bertz CT molecular complexity index is 1700. The third kappa shape index (κ3) is 4.05. The Balaban J connectivity index is 1.71. The highest BCUT2D eigenvalue weighted by atomic mass is 19.4. The maximum Gasteiger partial charge on any atom is 0.419 e. The van der Waals surface area contributed by atoms with Crippen molar-refractivity contribution in [1.29, 1.82) is 0 Å². The Morgan fingerprint density at radius 1 is 1.15 bits per heavy atom. The van der Waals surface area contributed by atoms with Crippen LogP contribution in [0.3, 0.4) is 0 Å². The van der Waals surface area contributed by atoms with E-state index in [1.807, 2.05) is 0 Å². The Morgan fingerprint density at radius 3 is 2.48 bits per heavy atom. The van der Waals surface area contributed by atoms with Crippen molar-refractivity contribution in [1.82, 2.24) is 19.3 Å². The van der Waals surface area contributed by atoms with Crippen molar-refractivity contribution in [2.24, 2.45) is 0 Å². The fourth-order valence-electron chi connectivity index (χ4n) is 5.62. The van der Waals surface area contributed by atoms with Crippen LogP contribution < -0.4 is 5.32 Å². The number of hydrogen-bond donors (Lipinski definition) is 1. The molecule has 0 unspecified atom stereocenters. The molecule has 1 aliphatic carbocycles. The quantitative estimate of drug-likeness (QED) is 0.257. The number of carbonyl (C=O) groups excluding carboxylic acids is 1. The van der Waals surface area contributed by atoms with Gasteiger partial charge in [-0.05, 0) is 71.9 Å². The van der Waals surface area contributed by atoms with Crippen LogP contribution in [0.5, 0.6) is 0 Å². The monoisotopic (exact) mass is 555 g/mol. The van der Waals surface area contributed by atoms with Crippen molar-refractivity contribution >= 4 is 22.7 Å². The molecule has 4 aromatic rings. The van der Waals surface area contributed by atoms with Crippen LogP contribution in [-0.4, -0.2) is 31.0 Å². The number of para-hydroxylation sites is 1. The lowest BCUT2D eigenvalue weighted by atomic mass is 9.91. The number of alkyl halides is 3. The standard InChI is InChI=1S/C29H29F4N5O2/c1-14-35-36-25-28(5,6)34-20-12-19(30)21(22(29(31,32)33)24(20)38(14)25)17-9-7-8-16-18(15-10-11-15)13-37(23(16)17)26(39)40-27(2,3)4/h7-9,12-13,15,34H,10-11H2,1-6H3. The second-order valence-corrected chi connectivity index (χ2v) is 12.1. The summed E-state index contributed by atoms with van der Waals surface area (Å²) in [6.45, 7) is 10.2. The number of nitrogens with one attached hydrogen (secondary N) is 1. The zero-order valence-corrected chi connectivity index (χ0v) is 23.0. The summed E-state index contributed by atoms with van der Waals surface area (Å²) in [5.74, 6) is -0.390. The van der Waals surface area contributed by atoms with Crippen molar-refractivity contribution in [2.45, 2.75) is 77.6 Å². The first-order valence-electron chi connectivity index (χ1n) is 13.1. The molecule has 0 amide bonds. The molecule has 0 spiro atoms. The van der Waals surface area contributed by atoms with Gasteiger partial charge in [0.2, 0.25) is 0 Å². The van der Waals surface area contributed by atoms with Crippen molar-refractivity contribution in [2.75, 3.05) is 5.32 Å². The lowest BCUT2D eigenvalue weighted by Crippen LogP contribution is -2.37. The Morgan fingerprint density at radius 2 is 1.85 bits per heavy atom. The van der Waals surface area contributed by atoms with E-state index in [1.165, 1.54) is 15.2 Å². The summed E-state index contributed by atoms with van der Waals surface area (Å²) in [4.78, 5) is 13.4. The second-order valence-electron chi connectivity index (χ2n) is 12.1. The first kappa shape index (κ1) is 26.3. The number of halogens is 4. The molecule has 2 aromatic carbocycles. The molecular weight excluding hydrogens is 526 g/mol. The molecule has 40 heavy (non-hydrogen) atoms. The Kier molecular flexibility index (Phi) is 5.47. The minimum atomic E-state index is -4.97. The number of aromatic nitrogens is 4. The van der Waals surface area contributed by atoms with Gasteiger partial charge in [0, 0.05) is 22.7 Å². The van der Waals surface area contributed by atoms with Gasteiger partial charge in [-0.15, -0.1) is 10.2 Å². The number of ether oxygens (including phenoxy) is 1. The highest BCUT2D eigenvalue weighted by Gasteiger charge is 2.45. The molecule has 1 N–H and O–H groups in total. The molecule has 1 aliphatic heterocycles. The van der Waals surface area contributed by atoms with Gasteiger partial charge in [-0.1, -0.05) is 18.2 Å². The highest BCUT2D eigenvalue weighted by molar-refractivity contribution is 6.03. The van der Waals surface area contributed by atoms with Crippen LogP contribution in [-0.2, 0) is 16.5 Å². The molecule has 1 fully saturated rings. The number of hydrogen-bond acceptors (Lipinski definition) is 5. The van der Waals surface area contributed by atoms with Gasteiger partial charge in [-0.2, -0.15) is 13.2 Å². The molecular formula is C29H29F4N5O2. The third-order valence-electron chi connectivity index (χ3n) is 7.32. The summed E-state index contributed by atoms with van der Waals surface area (Å²) >= 11 is 0. The van der Waals surface area contributed by atoms with Crippen LogP contribution in [0.2, 0.25) is 0 Å². The maximum atomic E-state index is 16.1. The molecule has 210 valence electrons. The van der Waals surface area contributed by atoms with Crippen molar-refractivity contribution in [3.63, 3.8) is 0 Å². The molecule has 0 saturated heterocycles. The van der Waals surface area contributed by atoms with E-state index < -0.39 is 40.4 Å². The minimum absolute atomic E-state index is 0.0256. The molecule has 0 radical (unpaired) electrons. The number of aryl methyl sites for hydroxylation is 1. The number of fused-ring (bicyclic) bond motifs is 4. The summed E-state index contributed by atoms with van der Waals surface area (Å²) in [5.41, 5.74) is -2.94. The van der Waals surface area contributed by atoms with Crippen LogP contribution in [0, 0.1) is 12.7 Å². The fraction of sp³-hybridized carbons (Fsp3) is 0.414. The smallest absolute Gasteiger partial charge is 0.419 e. The fourth-order valence-corrected chi connectivity index (χ4v) is 5.62. The van der Waals surface area contributed by atoms with E-state index in [4.69, 9.17) is 4.74 Å². The Hall–Kier alpha value is -3.89. The van der Waals surface area contributed by atoms with Gasteiger partial charge in [-0.25, -0.2) is 9.18 Å².